The van der Waals surface area contributed by atoms with Crippen LogP contribution in [-0.4, -0.2) is 24.5 Å². The first-order valence-corrected chi connectivity index (χ1v) is 11.0. The zero-order valence-corrected chi connectivity index (χ0v) is 17.4. The first-order chi connectivity index (χ1) is 13.2. The molecule has 28 heavy (non-hydrogen) atoms. The van der Waals surface area contributed by atoms with Gasteiger partial charge in [-0.15, -0.1) is 10.2 Å². The maximum absolute atomic E-state index is 12.6. The number of rotatable bonds is 6. The van der Waals surface area contributed by atoms with Crippen molar-refractivity contribution in [2.45, 2.75) is 24.7 Å². The maximum atomic E-state index is 12.6. The summed E-state index contributed by atoms with van der Waals surface area (Å²) in [6, 6.07) is 12.1. The molecule has 3 rings (SSSR count). The number of anilines is 2. The highest BCUT2D eigenvalue weighted by Gasteiger charge is 2.18. The molecular weight excluding hydrogens is 420 g/mol. The standard InChI is InChI=1S/C18H17ClN4O3S2/c1-11(2)17-21-22-18(27-17)20-16(24)12-5-3-8-15(9-12)28(25,26)23-14-7-4-6-13(19)10-14/h3-11,23H,1-2H3,(H,20,22,24). The minimum atomic E-state index is -3.88. The van der Waals surface area contributed by atoms with Crippen molar-refractivity contribution in [2.75, 3.05) is 10.0 Å². The third-order valence-electron chi connectivity index (χ3n) is 3.64. The highest BCUT2D eigenvalue weighted by molar-refractivity contribution is 7.92. The Labute approximate surface area is 171 Å². The molecule has 0 saturated carbocycles. The fraction of sp³-hybridized carbons (Fsp3) is 0.167. The van der Waals surface area contributed by atoms with E-state index in [-0.39, 0.29) is 16.4 Å². The van der Waals surface area contributed by atoms with Crippen molar-refractivity contribution in [1.82, 2.24) is 10.2 Å². The average molecular weight is 437 g/mol. The van der Waals surface area contributed by atoms with E-state index in [1.165, 1.54) is 41.7 Å². The number of sulfonamides is 1. The second kappa shape index (κ2) is 8.26. The van der Waals surface area contributed by atoms with Crippen molar-refractivity contribution in [3.05, 3.63) is 64.1 Å². The Morgan fingerprint density at radius 2 is 1.86 bits per heavy atom. The van der Waals surface area contributed by atoms with Gasteiger partial charge in [0.15, 0.2) is 0 Å². The number of carbonyl (C=O) groups is 1. The Morgan fingerprint density at radius 3 is 2.54 bits per heavy atom. The summed E-state index contributed by atoms with van der Waals surface area (Å²) >= 11 is 7.17. The molecule has 0 radical (unpaired) electrons. The average Bonchev–Trinajstić information content (AvgIpc) is 3.10. The molecule has 10 heteroatoms. The van der Waals surface area contributed by atoms with Gasteiger partial charge in [0, 0.05) is 16.5 Å². The zero-order valence-electron chi connectivity index (χ0n) is 15.0. The number of benzene rings is 2. The van der Waals surface area contributed by atoms with Crippen molar-refractivity contribution in [3.8, 4) is 0 Å². The number of hydrogen-bond acceptors (Lipinski definition) is 6. The first kappa shape index (κ1) is 20.2. The summed E-state index contributed by atoms with van der Waals surface area (Å²) in [5, 5.41) is 12.2. The van der Waals surface area contributed by atoms with Crippen molar-refractivity contribution >= 4 is 49.7 Å². The quantitative estimate of drug-likeness (QED) is 0.597. The SMILES string of the molecule is CC(C)c1nnc(NC(=O)c2cccc(S(=O)(=O)Nc3cccc(Cl)c3)c2)s1. The molecule has 0 unspecified atom stereocenters. The molecule has 0 aliphatic heterocycles. The van der Waals surface area contributed by atoms with Crippen LogP contribution in [0, 0.1) is 0 Å². The van der Waals surface area contributed by atoms with Crippen LogP contribution in [0.4, 0.5) is 10.8 Å². The first-order valence-electron chi connectivity index (χ1n) is 8.28. The van der Waals surface area contributed by atoms with Gasteiger partial charge in [-0.2, -0.15) is 0 Å². The Morgan fingerprint density at radius 1 is 1.11 bits per heavy atom. The van der Waals surface area contributed by atoms with E-state index >= 15 is 0 Å². The normalized spacial score (nSPS) is 11.4. The predicted molar refractivity (Wildman–Crippen MR) is 111 cm³/mol. The van der Waals surface area contributed by atoms with Crippen LogP contribution in [-0.2, 0) is 10.0 Å². The van der Waals surface area contributed by atoms with Gasteiger partial charge in [0.05, 0.1) is 10.6 Å². The lowest BCUT2D eigenvalue weighted by atomic mass is 10.2. The smallest absolute Gasteiger partial charge is 0.261 e. The van der Waals surface area contributed by atoms with Gasteiger partial charge < -0.3 is 0 Å². The molecule has 0 aliphatic carbocycles. The second-order valence-electron chi connectivity index (χ2n) is 6.20. The highest BCUT2D eigenvalue weighted by atomic mass is 35.5. The monoisotopic (exact) mass is 436 g/mol. The van der Waals surface area contributed by atoms with Gasteiger partial charge >= 0.3 is 0 Å². The number of nitrogens with zero attached hydrogens (tertiary/aromatic N) is 2. The molecule has 0 fully saturated rings. The van der Waals surface area contributed by atoms with Gasteiger partial charge in [-0.3, -0.25) is 14.8 Å². The van der Waals surface area contributed by atoms with Crippen LogP contribution in [0.2, 0.25) is 5.02 Å². The molecule has 0 aliphatic rings. The number of nitrogens with one attached hydrogen (secondary N) is 2. The van der Waals surface area contributed by atoms with Crippen LogP contribution < -0.4 is 10.0 Å². The zero-order chi connectivity index (χ0) is 20.3. The topological polar surface area (TPSA) is 101 Å². The molecule has 0 bridgehead atoms. The molecule has 0 saturated heterocycles. The summed E-state index contributed by atoms with van der Waals surface area (Å²) in [5.74, 6) is -0.263. The fourth-order valence-corrected chi connectivity index (χ4v) is 4.28. The summed E-state index contributed by atoms with van der Waals surface area (Å²) in [5.41, 5.74) is 0.521. The van der Waals surface area contributed by atoms with Crippen LogP contribution in [0.25, 0.3) is 0 Å². The summed E-state index contributed by atoms with van der Waals surface area (Å²) in [6.45, 7) is 3.96. The van der Waals surface area contributed by atoms with Gasteiger partial charge in [0.25, 0.3) is 15.9 Å². The molecule has 0 spiro atoms. The number of hydrogen-bond donors (Lipinski definition) is 2. The Balaban J connectivity index is 1.79. The minimum absolute atomic E-state index is 0.0414. The Kier molecular flexibility index (Phi) is 5.97. The van der Waals surface area contributed by atoms with Gasteiger partial charge in [-0.25, -0.2) is 8.42 Å². The van der Waals surface area contributed by atoms with Crippen LogP contribution in [0.15, 0.2) is 53.4 Å². The summed E-state index contributed by atoms with van der Waals surface area (Å²) in [4.78, 5) is 12.4. The molecule has 0 atom stereocenters. The van der Waals surface area contributed by atoms with E-state index in [4.69, 9.17) is 11.6 Å². The second-order valence-corrected chi connectivity index (χ2v) is 9.33. The van der Waals surface area contributed by atoms with Gasteiger partial charge in [0.2, 0.25) is 5.13 Å². The largest absolute Gasteiger partial charge is 0.296 e. The summed E-state index contributed by atoms with van der Waals surface area (Å²) in [7, 11) is -3.88. The molecule has 1 amide bonds. The molecule has 2 aromatic carbocycles. The Bertz CT molecular complexity index is 1110. The lowest BCUT2D eigenvalue weighted by molar-refractivity contribution is 0.102. The maximum Gasteiger partial charge on any atom is 0.261 e. The fourth-order valence-electron chi connectivity index (χ4n) is 2.26. The number of aromatic nitrogens is 2. The van der Waals surface area contributed by atoms with Crippen molar-refractivity contribution in [1.29, 1.82) is 0 Å². The van der Waals surface area contributed by atoms with Gasteiger partial charge in [0.1, 0.15) is 5.01 Å². The molecule has 1 aromatic heterocycles. The number of halogens is 1. The minimum Gasteiger partial charge on any atom is -0.296 e. The predicted octanol–water partition coefficient (Wildman–Crippen LogP) is 4.37. The third-order valence-corrected chi connectivity index (χ3v) is 6.39. The van der Waals surface area contributed by atoms with E-state index in [0.29, 0.717) is 15.8 Å². The Hall–Kier alpha value is -2.49. The number of carbonyl (C=O) groups excluding carboxylic acids is 1. The van der Waals surface area contributed by atoms with Crippen LogP contribution in [0.1, 0.15) is 35.1 Å². The van der Waals surface area contributed by atoms with Gasteiger partial charge in [-0.1, -0.05) is 48.9 Å². The highest BCUT2D eigenvalue weighted by Crippen LogP contribution is 2.24. The van der Waals surface area contributed by atoms with Crippen LogP contribution in [0.3, 0.4) is 0 Å². The van der Waals surface area contributed by atoms with E-state index < -0.39 is 15.9 Å². The summed E-state index contributed by atoms with van der Waals surface area (Å²) < 4.78 is 27.7. The van der Waals surface area contributed by atoms with E-state index in [1.54, 1.807) is 18.2 Å². The lowest BCUT2D eigenvalue weighted by Gasteiger charge is -2.09. The molecule has 1 heterocycles. The van der Waals surface area contributed by atoms with Crippen molar-refractivity contribution in [2.24, 2.45) is 0 Å². The van der Waals surface area contributed by atoms with Crippen LogP contribution in [0.5, 0.6) is 0 Å². The van der Waals surface area contributed by atoms with Crippen molar-refractivity contribution < 1.29 is 13.2 Å². The number of amides is 1. The van der Waals surface area contributed by atoms with E-state index in [1.807, 2.05) is 13.8 Å². The molecule has 146 valence electrons. The third kappa shape index (κ3) is 4.86. The van der Waals surface area contributed by atoms with Crippen LogP contribution >= 0.6 is 22.9 Å². The van der Waals surface area contributed by atoms with Crippen molar-refractivity contribution in [3.63, 3.8) is 0 Å². The van der Waals surface area contributed by atoms with E-state index in [2.05, 4.69) is 20.2 Å². The molecule has 3 aromatic rings. The molecule has 7 nitrogen and oxygen atoms in total. The lowest BCUT2D eigenvalue weighted by Crippen LogP contribution is -2.16. The molecular formula is C18H17ClN4O3S2. The summed E-state index contributed by atoms with van der Waals surface area (Å²) in [6.07, 6.45) is 0. The van der Waals surface area contributed by atoms with Gasteiger partial charge in [-0.05, 0) is 36.4 Å². The van der Waals surface area contributed by atoms with E-state index in [9.17, 15) is 13.2 Å². The molecule has 2 N–H and O–H groups in total. The van der Waals surface area contributed by atoms with E-state index in [0.717, 1.165) is 5.01 Å².